The third kappa shape index (κ3) is 5.35. The van der Waals surface area contributed by atoms with Crippen molar-refractivity contribution in [3.05, 3.63) is 29.8 Å². The number of nitrogens with one attached hydrogen (secondary N) is 1. The molecule has 1 unspecified atom stereocenters. The molecule has 0 aliphatic heterocycles. The second-order valence-electron chi connectivity index (χ2n) is 6.61. The highest BCUT2D eigenvalue weighted by Gasteiger charge is 2.16. The zero-order valence-corrected chi connectivity index (χ0v) is 13.9. The maximum absolute atomic E-state index is 5.72. The Morgan fingerprint density at radius 3 is 2.33 bits per heavy atom. The minimum Gasteiger partial charge on any atom is -0.491 e. The van der Waals surface area contributed by atoms with Gasteiger partial charge in [0.15, 0.2) is 0 Å². The van der Waals surface area contributed by atoms with Crippen molar-refractivity contribution in [1.29, 1.82) is 0 Å². The summed E-state index contributed by atoms with van der Waals surface area (Å²) >= 11 is 0. The first-order valence-electron chi connectivity index (χ1n) is 8.69. The maximum atomic E-state index is 5.72. The standard InChI is InChI=1S/C19H31NO/c1-4-19(20-14-16-8-6-5-7-9-16)17-10-12-18(13-11-17)21-15(2)3/h10-13,15-16,19-20H,4-9,14H2,1-3H3. The van der Waals surface area contributed by atoms with Crippen LogP contribution in [-0.4, -0.2) is 12.6 Å². The molecule has 0 saturated heterocycles. The summed E-state index contributed by atoms with van der Waals surface area (Å²) in [4.78, 5) is 0. The number of rotatable bonds is 7. The van der Waals surface area contributed by atoms with Gasteiger partial charge in [-0.3, -0.25) is 0 Å². The van der Waals surface area contributed by atoms with Gasteiger partial charge in [0.2, 0.25) is 0 Å². The van der Waals surface area contributed by atoms with Gasteiger partial charge in [0, 0.05) is 6.04 Å². The fraction of sp³-hybridized carbons (Fsp3) is 0.684. The average Bonchev–Trinajstić information content (AvgIpc) is 2.50. The predicted molar refractivity (Wildman–Crippen MR) is 89.8 cm³/mol. The Balaban J connectivity index is 1.87. The highest BCUT2D eigenvalue weighted by Crippen LogP contribution is 2.25. The van der Waals surface area contributed by atoms with Crippen LogP contribution in [0.5, 0.6) is 5.75 Å². The van der Waals surface area contributed by atoms with Gasteiger partial charge in [-0.2, -0.15) is 0 Å². The number of benzene rings is 1. The summed E-state index contributed by atoms with van der Waals surface area (Å²) in [6, 6.07) is 9.08. The van der Waals surface area contributed by atoms with Crippen molar-refractivity contribution in [1.82, 2.24) is 5.32 Å². The Kier molecular flexibility index (Phi) is 6.56. The Morgan fingerprint density at radius 2 is 1.76 bits per heavy atom. The van der Waals surface area contributed by atoms with Crippen LogP contribution in [0.15, 0.2) is 24.3 Å². The molecule has 21 heavy (non-hydrogen) atoms. The SMILES string of the molecule is CCC(NCC1CCCCC1)c1ccc(OC(C)C)cc1. The Hall–Kier alpha value is -1.02. The first-order valence-corrected chi connectivity index (χ1v) is 8.69. The molecule has 0 radical (unpaired) electrons. The second-order valence-corrected chi connectivity index (χ2v) is 6.61. The minimum atomic E-state index is 0.238. The number of ether oxygens (including phenoxy) is 1. The molecule has 118 valence electrons. The van der Waals surface area contributed by atoms with Crippen molar-refractivity contribution >= 4 is 0 Å². The van der Waals surface area contributed by atoms with Crippen LogP contribution in [0.3, 0.4) is 0 Å². The summed E-state index contributed by atoms with van der Waals surface area (Å²) in [5.74, 6) is 1.85. The molecule has 0 spiro atoms. The number of hydrogen-bond acceptors (Lipinski definition) is 2. The molecule has 1 atom stereocenters. The molecule has 1 fully saturated rings. The van der Waals surface area contributed by atoms with Crippen molar-refractivity contribution in [2.45, 2.75) is 71.4 Å². The summed E-state index contributed by atoms with van der Waals surface area (Å²) in [5.41, 5.74) is 1.38. The zero-order valence-electron chi connectivity index (χ0n) is 13.9. The van der Waals surface area contributed by atoms with Gasteiger partial charge in [-0.25, -0.2) is 0 Å². The first kappa shape index (κ1) is 16.4. The summed E-state index contributed by atoms with van der Waals surface area (Å²) in [6.45, 7) is 7.56. The van der Waals surface area contributed by atoms with E-state index in [1.807, 2.05) is 0 Å². The molecule has 1 N–H and O–H groups in total. The number of hydrogen-bond donors (Lipinski definition) is 1. The van der Waals surface area contributed by atoms with Crippen molar-refractivity contribution in [3.63, 3.8) is 0 Å². The lowest BCUT2D eigenvalue weighted by Gasteiger charge is -2.25. The Labute approximate surface area is 130 Å². The fourth-order valence-electron chi connectivity index (χ4n) is 3.25. The molecular formula is C19H31NO. The molecule has 0 bridgehead atoms. The van der Waals surface area contributed by atoms with Crippen molar-refractivity contribution in [2.75, 3.05) is 6.54 Å². The molecule has 2 rings (SSSR count). The van der Waals surface area contributed by atoms with E-state index in [1.54, 1.807) is 0 Å². The van der Waals surface area contributed by atoms with E-state index >= 15 is 0 Å². The highest BCUT2D eigenvalue weighted by atomic mass is 16.5. The van der Waals surface area contributed by atoms with E-state index in [1.165, 1.54) is 44.2 Å². The minimum absolute atomic E-state index is 0.238. The maximum Gasteiger partial charge on any atom is 0.119 e. The zero-order chi connectivity index (χ0) is 15.1. The highest BCUT2D eigenvalue weighted by molar-refractivity contribution is 5.29. The lowest BCUT2D eigenvalue weighted by Crippen LogP contribution is -2.28. The molecule has 0 heterocycles. The lowest BCUT2D eigenvalue weighted by atomic mass is 9.89. The van der Waals surface area contributed by atoms with Crippen LogP contribution in [0.1, 0.15) is 70.9 Å². The van der Waals surface area contributed by atoms with Crippen LogP contribution < -0.4 is 10.1 Å². The Bertz CT molecular complexity index is 393. The molecule has 2 nitrogen and oxygen atoms in total. The third-order valence-electron chi connectivity index (χ3n) is 4.44. The summed E-state index contributed by atoms with van der Waals surface area (Å²) in [7, 11) is 0. The third-order valence-corrected chi connectivity index (χ3v) is 4.44. The van der Waals surface area contributed by atoms with E-state index in [4.69, 9.17) is 4.74 Å². The van der Waals surface area contributed by atoms with Crippen molar-refractivity contribution < 1.29 is 4.74 Å². The Morgan fingerprint density at radius 1 is 1.10 bits per heavy atom. The summed E-state index contributed by atoms with van der Waals surface area (Å²) in [6.07, 6.45) is 8.47. The monoisotopic (exact) mass is 289 g/mol. The van der Waals surface area contributed by atoms with E-state index in [-0.39, 0.29) is 6.10 Å². The van der Waals surface area contributed by atoms with E-state index in [2.05, 4.69) is 50.4 Å². The molecular weight excluding hydrogens is 258 g/mol. The van der Waals surface area contributed by atoms with E-state index in [9.17, 15) is 0 Å². The fourth-order valence-corrected chi connectivity index (χ4v) is 3.25. The average molecular weight is 289 g/mol. The molecule has 1 aliphatic rings. The van der Waals surface area contributed by atoms with Gasteiger partial charge < -0.3 is 10.1 Å². The summed E-state index contributed by atoms with van der Waals surface area (Å²) < 4.78 is 5.72. The van der Waals surface area contributed by atoms with Crippen LogP contribution in [0.2, 0.25) is 0 Å². The van der Waals surface area contributed by atoms with Gasteiger partial charge in [0.1, 0.15) is 5.75 Å². The van der Waals surface area contributed by atoms with E-state index in [0.717, 1.165) is 18.1 Å². The van der Waals surface area contributed by atoms with E-state index in [0.29, 0.717) is 6.04 Å². The van der Waals surface area contributed by atoms with Gasteiger partial charge in [-0.05, 0) is 63.3 Å². The summed E-state index contributed by atoms with van der Waals surface area (Å²) in [5, 5.41) is 3.77. The van der Waals surface area contributed by atoms with Crippen LogP contribution in [0.25, 0.3) is 0 Å². The van der Waals surface area contributed by atoms with Gasteiger partial charge in [0.25, 0.3) is 0 Å². The quantitative estimate of drug-likeness (QED) is 0.754. The lowest BCUT2D eigenvalue weighted by molar-refractivity contribution is 0.242. The molecule has 0 aromatic heterocycles. The first-order chi connectivity index (χ1) is 10.2. The molecule has 1 aliphatic carbocycles. The predicted octanol–water partition coefficient (Wildman–Crippen LogP) is 5.09. The van der Waals surface area contributed by atoms with Crippen LogP contribution in [0.4, 0.5) is 0 Å². The van der Waals surface area contributed by atoms with Crippen molar-refractivity contribution in [2.24, 2.45) is 5.92 Å². The van der Waals surface area contributed by atoms with Gasteiger partial charge in [0.05, 0.1) is 6.10 Å². The van der Waals surface area contributed by atoms with Crippen LogP contribution in [0, 0.1) is 5.92 Å². The normalized spacial score (nSPS) is 17.9. The second kappa shape index (κ2) is 8.43. The van der Waals surface area contributed by atoms with Crippen LogP contribution in [-0.2, 0) is 0 Å². The van der Waals surface area contributed by atoms with Gasteiger partial charge >= 0.3 is 0 Å². The molecule has 1 aromatic rings. The topological polar surface area (TPSA) is 21.3 Å². The van der Waals surface area contributed by atoms with E-state index < -0.39 is 0 Å². The largest absolute Gasteiger partial charge is 0.491 e. The molecule has 1 aromatic carbocycles. The smallest absolute Gasteiger partial charge is 0.119 e. The molecule has 2 heteroatoms. The van der Waals surface area contributed by atoms with Crippen molar-refractivity contribution in [3.8, 4) is 5.75 Å². The molecule has 1 saturated carbocycles. The van der Waals surface area contributed by atoms with Gasteiger partial charge in [-0.1, -0.05) is 38.3 Å². The van der Waals surface area contributed by atoms with Crippen LogP contribution >= 0.6 is 0 Å². The molecule has 0 amide bonds. The van der Waals surface area contributed by atoms with Gasteiger partial charge in [-0.15, -0.1) is 0 Å².